The fourth-order valence-electron chi connectivity index (χ4n) is 5.35. The van der Waals surface area contributed by atoms with Crippen molar-refractivity contribution in [1.82, 2.24) is 0 Å². The van der Waals surface area contributed by atoms with Gasteiger partial charge in [0, 0.05) is 0 Å². The number of ether oxygens (including phenoxy) is 2. The number of unbranched alkanes of at least 4 members (excludes halogenated alkanes) is 2. The first-order valence-corrected chi connectivity index (χ1v) is 10.6. The second kappa shape index (κ2) is 8.31. The highest BCUT2D eigenvalue weighted by Crippen LogP contribution is 2.65. The fraction of sp³-hybridized carbons (Fsp3) is 0.909. The van der Waals surface area contributed by atoms with Gasteiger partial charge in [0.1, 0.15) is 0 Å². The van der Waals surface area contributed by atoms with Crippen LogP contribution in [-0.2, 0) is 19.1 Å². The molecule has 2 bridgehead atoms. The van der Waals surface area contributed by atoms with Gasteiger partial charge in [-0.3, -0.25) is 9.59 Å². The molecule has 4 heteroatoms. The molecule has 2 aliphatic carbocycles. The molecule has 0 heterocycles. The first-order valence-electron chi connectivity index (χ1n) is 10.6. The van der Waals surface area contributed by atoms with Gasteiger partial charge in [-0.05, 0) is 54.8 Å². The van der Waals surface area contributed by atoms with Gasteiger partial charge in [0.2, 0.25) is 0 Å². The Morgan fingerprint density at radius 2 is 1.46 bits per heavy atom. The highest BCUT2D eigenvalue weighted by molar-refractivity contribution is 6.01. The molecule has 0 spiro atoms. The zero-order valence-electron chi connectivity index (χ0n) is 17.6. The summed E-state index contributed by atoms with van der Waals surface area (Å²) in [6.45, 7) is 13.8. The average Bonchev–Trinajstić information content (AvgIpc) is 3.12. The van der Waals surface area contributed by atoms with Gasteiger partial charge in [0.05, 0.1) is 13.2 Å². The first-order chi connectivity index (χ1) is 12.2. The van der Waals surface area contributed by atoms with Crippen LogP contribution in [0.15, 0.2) is 0 Å². The Bertz CT molecular complexity index is 479. The lowest BCUT2D eigenvalue weighted by Gasteiger charge is -2.44. The van der Waals surface area contributed by atoms with E-state index in [9.17, 15) is 9.59 Å². The van der Waals surface area contributed by atoms with E-state index in [2.05, 4.69) is 41.5 Å². The van der Waals surface area contributed by atoms with Gasteiger partial charge in [0.15, 0.2) is 5.41 Å². The van der Waals surface area contributed by atoms with Crippen molar-refractivity contribution in [3.8, 4) is 0 Å². The number of fused-ring (bicyclic) bond motifs is 2. The lowest BCUT2D eigenvalue weighted by atomic mass is 9.59. The molecule has 4 atom stereocenters. The SMILES string of the molecule is CCCCOC(=O)C1(C(=O)OCCCC)C2CC(C(C(C)(C)C)C2)C1C. The van der Waals surface area contributed by atoms with Crippen LogP contribution >= 0.6 is 0 Å². The number of hydrogen-bond donors (Lipinski definition) is 0. The van der Waals surface area contributed by atoms with Crippen molar-refractivity contribution >= 4 is 11.9 Å². The lowest BCUT2D eigenvalue weighted by Crippen LogP contribution is -2.53. The minimum Gasteiger partial charge on any atom is -0.465 e. The van der Waals surface area contributed by atoms with Crippen LogP contribution in [0.5, 0.6) is 0 Å². The zero-order chi connectivity index (χ0) is 19.5. The summed E-state index contributed by atoms with van der Waals surface area (Å²) in [7, 11) is 0. The maximum atomic E-state index is 13.1. The molecule has 0 aromatic carbocycles. The minimum absolute atomic E-state index is 0.0197. The van der Waals surface area contributed by atoms with Crippen LogP contribution in [0.25, 0.3) is 0 Å². The van der Waals surface area contributed by atoms with Gasteiger partial charge >= 0.3 is 11.9 Å². The number of carbonyl (C=O) groups is 2. The summed E-state index contributed by atoms with van der Waals surface area (Å²) in [5.41, 5.74) is -0.897. The molecule has 2 saturated carbocycles. The third kappa shape index (κ3) is 3.66. The van der Waals surface area contributed by atoms with Crippen molar-refractivity contribution in [1.29, 1.82) is 0 Å². The minimum atomic E-state index is -1.09. The molecule has 2 aliphatic rings. The summed E-state index contributed by atoms with van der Waals surface area (Å²) in [5.74, 6) is 0.295. The van der Waals surface area contributed by atoms with Gasteiger partial charge in [0.25, 0.3) is 0 Å². The predicted molar refractivity (Wildman–Crippen MR) is 102 cm³/mol. The van der Waals surface area contributed by atoms with Crippen LogP contribution in [-0.4, -0.2) is 25.2 Å². The van der Waals surface area contributed by atoms with Gasteiger partial charge in [-0.2, -0.15) is 0 Å². The molecule has 0 saturated heterocycles. The molecule has 0 N–H and O–H groups in total. The van der Waals surface area contributed by atoms with Gasteiger partial charge in [-0.15, -0.1) is 0 Å². The van der Waals surface area contributed by atoms with Crippen molar-refractivity contribution < 1.29 is 19.1 Å². The van der Waals surface area contributed by atoms with Crippen LogP contribution in [0, 0.1) is 34.5 Å². The number of carbonyl (C=O) groups excluding carboxylic acids is 2. The largest absolute Gasteiger partial charge is 0.465 e. The van der Waals surface area contributed by atoms with E-state index < -0.39 is 5.41 Å². The Labute approximate surface area is 159 Å². The quantitative estimate of drug-likeness (QED) is 0.345. The molecule has 0 aliphatic heterocycles. The first kappa shape index (κ1) is 21.2. The summed E-state index contributed by atoms with van der Waals surface area (Å²) >= 11 is 0. The Kier molecular flexibility index (Phi) is 6.79. The van der Waals surface area contributed by atoms with Crippen molar-refractivity contribution in [3.63, 3.8) is 0 Å². The van der Waals surface area contributed by atoms with Crippen molar-refractivity contribution in [2.45, 2.75) is 80.1 Å². The Hall–Kier alpha value is -1.06. The summed E-state index contributed by atoms with van der Waals surface area (Å²) in [6.07, 6.45) is 5.46. The van der Waals surface area contributed by atoms with E-state index in [0.717, 1.165) is 38.5 Å². The maximum Gasteiger partial charge on any atom is 0.324 e. The summed E-state index contributed by atoms with van der Waals surface area (Å²) in [6, 6.07) is 0. The zero-order valence-corrected chi connectivity index (χ0v) is 17.6. The molecule has 150 valence electrons. The van der Waals surface area contributed by atoms with Crippen molar-refractivity contribution in [3.05, 3.63) is 0 Å². The van der Waals surface area contributed by atoms with E-state index in [1.165, 1.54) is 0 Å². The standard InChI is InChI=1S/C22H38O4/c1-7-9-11-25-19(23)22(20(24)26-12-10-8-2)15(3)17-13-16(22)14-18(17)21(4,5)6/h15-18H,7-14H2,1-6H3. The Morgan fingerprint density at radius 1 is 0.962 bits per heavy atom. The van der Waals surface area contributed by atoms with Crippen LogP contribution in [0.1, 0.15) is 80.1 Å². The average molecular weight is 367 g/mol. The van der Waals surface area contributed by atoms with Crippen LogP contribution < -0.4 is 0 Å². The van der Waals surface area contributed by atoms with Crippen LogP contribution in [0.3, 0.4) is 0 Å². The molecule has 26 heavy (non-hydrogen) atoms. The molecule has 2 fully saturated rings. The van der Waals surface area contributed by atoms with Gasteiger partial charge in [-0.1, -0.05) is 54.4 Å². The molecule has 0 amide bonds. The summed E-state index contributed by atoms with van der Waals surface area (Å²) in [4.78, 5) is 26.3. The second-order valence-corrected chi connectivity index (χ2v) is 9.44. The molecule has 4 nitrogen and oxygen atoms in total. The van der Waals surface area contributed by atoms with Gasteiger partial charge < -0.3 is 9.47 Å². The monoisotopic (exact) mass is 366 g/mol. The maximum absolute atomic E-state index is 13.1. The summed E-state index contributed by atoms with van der Waals surface area (Å²) < 4.78 is 11.2. The molecule has 4 unspecified atom stereocenters. The third-order valence-corrected chi connectivity index (χ3v) is 6.87. The predicted octanol–water partition coefficient (Wildman–Crippen LogP) is 5.00. The van der Waals surface area contributed by atoms with Crippen LogP contribution in [0.4, 0.5) is 0 Å². The lowest BCUT2D eigenvalue weighted by molar-refractivity contribution is -0.183. The fourth-order valence-corrected chi connectivity index (χ4v) is 5.35. The molecule has 0 radical (unpaired) electrons. The van der Waals surface area contributed by atoms with E-state index in [-0.39, 0.29) is 29.2 Å². The highest BCUT2D eigenvalue weighted by atomic mass is 16.6. The normalized spacial score (nSPS) is 29.6. The number of rotatable bonds is 8. The Balaban J connectivity index is 2.26. The third-order valence-electron chi connectivity index (χ3n) is 6.87. The van der Waals surface area contributed by atoms with Gasteiger partial charge in [-0.25, -0.2) is 0 Å². The number of esters is 2. The topological polar surface area (TPSA) is 52.6 Å². The van der Waals surface area contributed by atoms with E-state index in [1.54, 1.807) is 0 Å². The van der Waals surface area contributed by atoms with Crippen LogP contribution in [0.2, 0.25) is 0 Å². The summed E-state index contributed by atoms with van der Waals surface area (Å²) in [5, 5.41) is 0. The van der Waals surface area contributed by atoms with E-state index in [1.807, 2.05) is 0 Å². The second-order valence-electron chi connectivity index (χ2n) is 9.44. The van der Waals surface area contributed by atoms with Crippen molar-refractivity contribution in [2.75, 3.05) is 13.2 Å². The molecule has 2 rings (SSSR count). The molecular formula is C22H38O4. The molecule has 0 aromatic heterocycles. The molecule has 0 aromatic rings. The van der Waals surface area contributed by atoms with E-state index in [4.69, 9.17) is 9.47 Å². The Morgan fingerprint density at radius 3 is 1.85 bits per heavy atom. The highest BCUT2D eigenvalue weighted by Gasteiger charge is 2.70. The number of hydrogen-bond acceptors (Lipinski definition) is 4. The smallest absolute Gasteiger partial charge is 0.324 e. The van der Waals surface area contributed by atoms with E-state index >= 15 is 0 Å². The van der Waals surface area contributed by atoms with E-state index in [0.29, 0.717) is 25.0 Å². The molecular weight excluding hydrogens is 328 g/mol. The van der Waals surface area contributed by atoms with Crippen molar-refractivity contribution in [2.24, 2.45) is 34.5 Å².